The molecule has 4 aliphatic heterocycles. The first-order valence-electron chi connectivity index (χ1n) is 17.8. The highest BCUT2D eigenvalue weighted by molar-refractivity contribution is 5.95. The van der Waals surface area contributed by atoms with E-state index in [1.807, 2.05) is 35.2 Å². The number of carbonyl (C=O) groups excluding carboxylic acids is 5. The molecule has 14 heteroatoms. The van der Waals surface area contributed by atoms with Gasteiger partial charge in [-0.05, 0) is 42.7 Å². The number of morpholine rings is 1. The van der Waals surface area contributed by atoms with E-state index in [9.17, 15) is 24.0 Å². The Bertz CT molecular complexity index is 1510. The first-order chi connectivity index (χ1) is 24.5. The second-order valence-corrected chi connectivity index (χ2v) is 13.7. The first-order valence-corrected chi connectivity index (χ1v) is 17.8. The van der Waals surface area contributed by atoms with Crippen molar-refractivity contribution in [2.75, 3.05) is 59.1 Å². The summed E-state index contributed by atoms with van der Waals surface area (Å²) in [6, 6.07) is 13.3. The van der Waals surface area contributed by atoms with Crippen LogP contribution in [0.4, 0.5) is 0 Å². The Balaban J connectivity index is 1.34. The molecule has 2 aromatic carbocycles. The van der Waals surface area contributed by atoms with Crippen molar-refractivity contribution in [1.82, 2.24) is 31.1 Å². The Kier molecular flexibility index (Phi) is 12.9. The van der Waals surface area contributed by atoms with Gasteiger partial charge in [-0.2, -0.15) is 0 Å². The smallest absolute Gasteiger partial charge is 0.264 e. The van der Waals surface area contributed by atoms with Gasteiger partial charge in [-0.3, -0.25) is 28.9 Å². The van der Waals surface area contributed by atoms with Crippen molar-refractivity contribution < 1.29 is 38.2 Å². The molecule has 0 aliphatic carbocycles. The Morgan fingerprint density at radius 3 is 2.16 bits per heavy atom. The lowest BCUT2D eigenvalue weighted by Gasteiger charge is -2.41. The minimum atomic E-state index is -1.32. The van der Waals surface area contributed by atoms with E-state index in [2.05, 4.69) is 21.3 Å². The van der Waals surface area contributed by atoms with E-state index in [0.717, 1.165) is 5.56 Å². The van der Waals surface area contributed by atoms with Gasteiger partial charge < -0.3 is 40.4 Å². The molecule has 51 heavy (non-hydrogen) atoms. The highest BCUT2D eigenvalue weighted by atomic mass is 16.5. The fraction of sp³-hybridized carbons (Fsp3) is 0.541. The second-order valence-electron chi connectivity index (χ2n) is 13.7. The maximum absolute atomic E-state index is 14.1. The number of amides is 5. The number of hydrogen-bond donors (Lipinski definition) is 4. The molecule has 5 amide bonds. The van der Waals surface area contributed by atoms with Crippen molar-refractivity contribution in [3.8, 4) is 11.5 Å². The molecule has 2 aromatic rings. The quantitative estimate of drug-likeness (QED) is 0.327. The second kappa shape index (κ2) is 17.5. The van der Waals surface area contributed by atoms with Crippen LogP contribution < -0.4 is 30.7 Å². The Hall–Kier alpha value is -4.69. The molecular formula is C37H50N6O8. The third kappa shape index (κ3) is 10.2. The number of carbonyl (C=O) groups is 5. The van der Waals surface area contributed by atoms with E-state index < -0.39 is 41.4 Å². The summed E-state index contributed by atoms with van der Waals surface area (Å²) in [4.78, 5) is 71.3. The van der Waals surface area contributed by atoms with Crippen LogP contribution in [0.25, 0.3) is 0 Å². The molecule has 14 nitrogen and oxygen atoms in total. The molecular weight excluding hydrogens is 656 g/mol. The average Bonchev–Trinajstić information content (AvgIpc) is 3.13. The van der Waals surface area contributed by atoms with Crippen LogP contribution >= 0.6 is 0 Å². The van der Waals surface area contributed by atoms with Crippen molar-refractivity contribution in [3.05, 3.63) is 60.2 Å². The number of rotatable bonds is 5. The fourth-order valence-corrected chi connectivity index (χ4v) is 6.38. The van der Waals surface area contributed by atoms with Crippen LogP contribution in [0.15, 0.2) is 54.6 Å². The first kappa shape index (κ1) is 37.6. The zero-order valence-electron chi connectivity index (χ0n) is 29.7. The van der Waals surface area contributed by atoms with Crippen LogP contribution in [0.2, 0.25) is 0 Å². The molecule has 4 aliphatic rings. The highest BCUT2D eigenvalue weighted by Crippen LogP contribution is 2.31. The number of nitrogens with zero attached hydrogens (tertiary/aromatic N) is 2. The van der Waals surface area contributed by atoms with Crippen molar-refractivity contribution in [1.29, 1.82) is 0 Å². The van der Waals surface area contributed by atoms with Crippen LogP contribution in [0.5, 0.6) is 11.5 Å². The number of benzene rings is 2. The van der Waals surface area contributed by atoms with Crippen molar-refractivity contribution in [3.63, 3.8) is 0 Å². The van der Waals surface area contributed by atoms with Crippen LogP contribution in [0.3, 0.4) is 0 Å². The molecule has 0 saturated carbocycles. The lowest BCUT2D eigenvalue weighted by Crippen LogP contribution is -2.62. The summed E-state index contributed by atoms with van der Waals surface area (Å²) in [5.74, 6) is -1.25. The summed E-state index contributed by atoms with van der Waals surface area (Å²) >= 11 is 0. The Labute approximate surface area is 298 Å². The lowest BCUT2D eigenvalue weighted by molar-refractivity contribution is -0.145. The molecule has 0 aromatic heterocycles. The number of piperidine rings is 1. The summed E-state index contributed by atoms with van der Waals surface area (Å²) in [5.41, 5.74) is -0.462. The average molecular weight is 707 g/mol. The van der Waals surface area contributed by atoms with E-state index in [4.69, 9.17) is 14.2 Å². The Morgan fingerprint density at radius 2 is 1.49 bits per heavy atom. The topological polar surface area (TPSA) is 168 Å². The molecule has 0 radical (unpaired) electrons. The van der Waals surface area contributed by atoms with E-state index >= 15 is 0 Å². The molecule has 3 atom stereocenters. The zero-order chi connectivity index (χ0) is 36.4. The van der Waals surface area contributed by atoms with Crippen LogP contribution in [-0.4, -0.2) is 122 Å². The number of hydrogen-bond acceptors (Lipinski definition) is 9. The normalized spacial score (nSPS) is 24.1. The molecule has 2 bridgehead atoms. The van der Waals surface area contributed by atoms with Gasteiger partial charge in [0.2, 0.25) is 23.6 Å². The maximum atomic E-state index is 14.1. The number of likely N-dealkylation sites (tertiary alicyclic amines) is 1. The maximum Gasteiger partial charge on any atom is 0.264 e. The molecule has 2 fully saturated rings. The van der Waals surface area contributed by atoms with Crippen molar-refractivity contribution in [2.24, 2.45) is 5.92 Å². The minimum Gasteiger partial charge on any atom is -0.492 e. The molecule has 4 heterocycles. The number of fused-ring (bicyclic) bond motifs is 15. The zero-order valence-corrected chi connectivity index (χ0v) is 29.7. The van der Waals surface area contributed by atoms with Gasteiger partial charge in [-0.15, -0.1) is 0 Å². The van der Waals surface area contributed by atoms with Crippen LogP contribution in [0, 0.1) is 5.92 Å². The van der Waals surface area contributed by atoms with Crippen LogP contribution in [0.1, 0.15) is 39.2 Å². The van der Waals surface area contributed by atoms with Gasteiger partial charge >= 0.3 is 0 Å². The van der Waals surface area contributed by atoms with E-state index in [1.54, 1.807) is 49.9 Å². The van der Waals surface area contributed by atoms with E-state index in [0.29, 0.717) is 50.9 Å². The molecule has 0 unspecified atom stereocenters. The predicted molar refractivity (Wildman–Crippen MR) is 188 cm³/mol. The summed E-state index contributed by atoms with van der Waals surface area (Å²) < 4.78 is 17.7. The summed E-state index contributed by atoms with van der Waals surface area (Å²) in [6.07, 6.45) is 0.801. The number of nitrogens with one attached hydrogen (secondary N) is 4. The van der Waals surface area contributed by atoms with E-state index in [1.165, 1.54) is 0 Å². The molecule has 6 rings (SSSR count). The standard InChI is InChI=1S/C37H50N6O8/c1-25(2)32-35(47)40-30(23-27-7-5-4-6-8-27)34(46)38-15-20-50-28-9-11-29(12-10-28)51-37(36(48)39-26(3)33(45)41-32)13-16-42(17-14-37)24-31(44)43-18-21-49-22-19-43/h4-12,25-26,30,32H,13-24H2,1-3H3,(H,38,46)(H,39,48)(H,40,47)(H,41,45)/t26-,30+,32-/m1/s1. The van der Waals surface area contributed by atoms with Gasteiger partial charge in [-0.1, -0.05) is 44.2 Å². The van der Waals surface area contributed by atoms with Gasteiger partial charge in [0.25, 0.3) is 5.91 Å². The van der Waals surface area contributed by atoms with Crippen molar-refractivity contribution in [2.45, 2.75) is 63.8 Å². The van der Waals surface area contributed by atoms with Gasteiger partial charge in [0.15, 0.2) is 5.60 Å². The lowest BCUT2D eigenvalue weighted by atomic mass is 9.89. The highest BCUT2D eigenvalue weighted by Gasteiger charge is 2.45. The number of ether oxygens (including phenoxy) is 3. The van der Waals surface area contributed by atoms with Gasteiger partial charge in [-0.25, -0.2) is 0 Å². The SMILES string of the molecule is CC(C)[C@H]1NC(=O)[C@@H](C)NC(=O)C2(CCN(CC(=O)N3CCOCC3)CC2)Oc2ccc(cc2)OCCNC(=O)[C@H](Cc2ccccc2)NC1=O. The van der Waals surface area contributed by atoms with Gasteiger partial charge in [0.1, 0.15) is 36.2 Å². The largest absolute Gasteiger partial charge is 0.492 e. The fourth-order valence-electron chi connectivity index (χ4n) is 6.38. The Morgan fingerprint density at radius 1 is 0.824 bits per heavy atom. The minimum absolute atomic E-state index is 0.0198. The molecule has 2 saturated heterocycles. The molecule has 1 spiro atoms. The van der Waals surface area contributed by atoms with Crippen LogP contribution in [-0.2, 0) is 35.1 Å². The van der Waals surface area contributed by atoms with E-state index in [-0.39, 0.29) is 56.7 Å². The van der Waals surface area contributed by atoms with Gasteiger partial charge in [0, 0.05) is 45.4 Å². The van der Waals surface area contributed by atoms with Gasteiger partial charge in [0.05, 0.1) is 26.3 Å². The molecule has 4 N–H and O–H groups in total. The summed E-state index contributed by atoms with van der Waals surface area (Å²) in [5, 5.41) is 11.3. The molecule has 276 valence electrons. The summed E-state index contributed by atoms with van der Waals surface area (Å²) in [6.45, 7) is 8.74. The third-order valence-electron chi connectivity index (χ3n) is 9.51. The van der Waals surface area contributed by atoms with Crippen molar-refractivity contribution >= 4 is 29.5 Å². The monoisotopic (exact) mass is 706 g/mol. The summed E-state index contributed by atoms with van der Waals surface area (Å²) in [7, 11) is 0. The third-order valence-corrected chi connectivity index (χ3v) is 9.51. The predicted octanol–water partition coefficient (Wildman–Crippen LogP) is 0.640.